The maximum absolute atomic E-state index is 11.5. The molecule has 1 aliphatic heterocycles. The number of rotatable bonds is 4. The first kappa shape index (κ1) is 15.2. The van der Waals surface area contributed by atoms with Crippen LogP contribution in [0.25, 0.3) is 0 Å². The Morgan fingerprint density at radius 1 is 1.27 bits per heavy atom. The fraction of sp³-hybridized carbons (Fsp3) is 0.467. The molecule has 0 amide bonds. The van der Waals surface area contributed by atoms with Crippen LogP contribution >= 0.6 is 0 Å². The first-order valence-electron chi connectivity index (χ1n) is 7.21. The molecular weight excluding hydrogens is 302 g/mol. The average Bonchev–Trinajstić information content (AvgIpc) is 2.90. The Balaban J connectivity index is 1.89. The molecule has 2 heterocycles. The van der Waals surface area contributed by atoms with Crippen molar-refractivity contribution in [1.29, 1.82) is 0 Å². The molecule has 3 rings (SSSR count). The molecule has 0 spiro atoms. The standard InChI is InChI=1S/C15H19N3O3S/c1-11-16-17-15(21-11)14-9-12-5-3-4-6-13(12)10-18(14)7-8-22(2,19)20/h3-6,14H,7-10H2,1-2H3/t14-/m0/s1. The van der Waals surface area contributed by atoms with Crippen molar-refractivity contribution in [2.45, 2.75) is 25.9 Å². The van der Waals surface area contributed by atoms with Gasteiger partial charge in [0.2, 0.25) is 11.8 Å². The first-order chi connectivity index (χ1) is 10.4. The van der Waals surface area contributed by atoms with Crippen LogP contribution in [-0.4, -0.2) is 42.1 Å². The van der Waals surface area contributed by atoms with Crippen LogP contribution in [0.3, 0.4) is 0 Å². The van der Waals surface area contributed by atoms with E-state index in [0.29, 0.717) is 24.9 Å². The van der Waals surface area contributed by atoms with E-state index in [-0.39, 0.29) is 11.8 Å². The molecule has 7 heteroatoms. The van der Waals surface area contributed by atoms with Crippen LogP contribution < -0.4 is 0 Å². The molecule has 0 N–H and O–H groups in total. The van der Waals surface area contributed by atoms with Crippen molar-refractivity contribution >= 4 is 9.84 Å². The molecule has 1 atom stereocenters. The summed E-state index contributed by atoms with van der Waals surface area (Å²) >= 11 is 0. The number of sulfone groups is 1. The molecular formula is C15H19N3O3S. The van der Waals surface area contributed by atoms with Crippen molar-refractivity contribution in [3.05, 3.63) is 47.2 Å². The number of nitrogens with zero attached hydrogens (tertiary/aromatic N) is 3. The van der Waals surface area contributed by atoms with Crippen molar-refractivity contribution in [2.24, 2.45) is 0 Å². The third-order valence-corrected chi connectivity index (χ3v) is 4.85. The Kier molecular flexibility index (Phi) is 4.01. The second-order valence-electron chi connectivity index (χ2n) is 5.75. The summed E-state index contributed by atoms with van der Waals surface area (Å²) < 4.78 is 28.6. The Morgan fingerprint density at radius 3 is 2.64 bits per heavy atom. The van der Waals surface area contributed by atoms with Crippen LogP contribution in [0.5, 0.6) is 0 Å². The highest BCUT2D eigenvalue weighted by Gasteiger charge is 2.31. The van der Waals surface area contributed by atoms with Crippen LogP contribution in [0.4, 0.5) is 0 Å². The topological polar surface area (TPSA) is 76.3 Å². The number of hydrogen-bond acceptors (Lipinski definition) is 6. The van der Waals surface area contributed by atoms with Crippen molar-refractivity contribution in [3.63, 3.8) is 0 Å². The molecule has 0 bridgehead atoms. The van der Waals surface area contributed by atoms with Gasteiger partial charge in [0.1, 0.15) is 9.84 Å². The van der Waals surface area contributed by atoms with Gasteiger partial charge >= 0.3 is 0 Å². The lowest BCUT2D eigenvalue weighted by atomic mass is 9.94. The van der Waals surface area contributed by atoms with Gasteiger partial charge in [0.15, 0.2) is 0 Å². The van der Waals surface area contributed by atoms with Gasteiger partial charge in [0.25, 0.3) is 0 Å². The molecule has 0 saturated heterocycles. The molecule has 118 valence electrons. The molecule has 1 aromatic heterocycles. The van der Waals surface area contributed by atoms with Gasteiger partial charge in [-0.2, -0.15) is 0 Å². The van der Waals surface area contributed by atoms with Gasteiger partial charge in [-0.1, -0.05) is 24.3 Å². The largest absolute Gasteiger partial charge is 0.424 e. The maximum atomic E-state index is 11.5. The third-order valence-electron chi connectivity index (χ3n) is 3.92. The lowest BCUT2D eigenvalue weighted by Gasteiger charge is -2.34. The van der Waals surface area contributed by atoms with E-state index in [4.69, 9.17) is 4.42 Å². The molecule has 2 aromatic rings. The summed E-state index contributed by atoms with van der Waals surface area (Å²) in [6.45, 7) is 2.91. The highest BCUT2D eigenvalue weighted by Crippen LogP contribution is 2.32. The summed E-state index contributed by atoms with van der Waals surface area (Å²) in [5.74, 6) is 1.20. The summed E-state index contributed by atoms with van der Waals surface area (Å²) in [5, 5.41) is 8.03. The zero-order valence-electron chi connectivity index (χ0n) is 12.7. The van der Waals surface area contributed by atoms with Crippen molar-refractivity contribution in [3.8, 4) is 0 Å². The summed E-state index contributed by atoms with van der Waals surface area (Å²) in [7, 11) is -3.01. The second kappa shape index (κ2) is 5.81. The summed E-state index contributed by atoms with van der Waals surface area (Å²) in [6, 6.07) is 8.13. The van der Waals surface area contributed by atoms with Gasteiger partial charge in [0, 0.05) is 26.3 Å². The SMILES string of the molecule is Cc1nnc([C@@H]2Cc3ccccc3CN2CCS(C)(=O)=O)o1. The Hall–Kier alpha value is -1.73. The van der Waals surface area contributed by atoms with Gasteiger partial charge in [-0.25, -0.2) is 8.42 Å². The van der Waals surface area contributed by atoms with Crippen LogP contribution in [-0.2, 0) is 22.8 Å². The van der Waals surface area contributed by atoms with Crippen molar-refractivity contribution < 1.29 is 12.8 Å². The molecule has 1 aromatic carbocycles. The van der Waals surface area contributed by atoms with Crippen LogP contribution in [0.15, 0.2) is 28.7 Å². The van der Waals surface area contributed by atoms with Gasteiger partial charge in [-0.05, 0) is 17.5 Å². The highest BCUT2D eigenvalue weighted by molar-refractivity contribution is 7.90. The summed E-state index contributed by atoms with van der Waals surface area (Å²) in [5.41, 5.74) is 2.47. The van der Waals surface area contributed by atoms with E-state index in [2.05, 4.69) is 27.2 Å². The van der Waals surface area contributed by atoms with Gasteiger partial charge in [0.05, 0.1) is 11.8 Å². The minimum absolute atomic E-state index is 0.0714. The lowest BCUT2D eigenvalue weighted by Crippen LogP contribution is -2.37. The minimum atomic E-state index is -3.01. The van der Waals surface area contributed by atoms with E-state index in [1.807, 2.05) is 12.1 Å². The fourth-order valence-electron chi connectivity index (χ4n) is 2.79. The summed E-state index contributed by atoms with van der Waals surface area (Å²) in [6.07, 6.45) is 2.01. The zero-order chi connectivity index (χ0) is 15.7. The molecule has 22 heavy (non-hydrogen) atoms. The monoisotopic (exact) mass is 321 g/mol. The van der Waals surface area contributed by atoms with E-state index in [9.17, 15) is 8.42 Å². The minimum Gasteiger partial charge on any atom is -0.424 e. The van der Waals surface area contributed by atoms with E-state index >= 15 is 0 Å². The van der Waals surface area contributed by atoms with Gasteiger partial charge in [-0.15, -0.1) is 10.2 Å². The number of aryl methyl sites for hydroxylation is 1. The molecule has 6 nitrogen and oxygen atoms in total. The van der Waals surface area contributed by atoms with Gasteiger partial charge in [-0.3, -0.25) is 4.90 Å². The number of fused-ring (bicyclic) bond motifs is 1. The quantitative estimate of drug-likeness (QED) is 0.850. The second-order valence-corrected chi connectivity index (χ2v) is 8.01. The third kappa shape index (κ3) is 3.36. The van der Waals surface area contributed by atoms with Crippen molar-refractivity contribution in [2.75, 3.05) is 18.6 Å². The predicted molar refractivity (Wildman–Crippen MR) is 82.0 cm³/mol. The Morgan fingerprint density at radius 2 is 2.00 bits per heavy atom. The number of hydrogen-bond donors (Lipinski definition) is 0. The van der Waals surface area contributed by atoms with E-state index < -0.39 is 9.84 Å². The smallest absolute Gasteiger partial charge is 0.233 e. The molecule has 0 unspecified atom stereocenters. The van der Waals surface area contributed by atoms with E-state index in [1.165, 1.54) is 17.4 Å². The van der Waals surface area contributed by atoms with Crippen LogP contribution in [0, 0.1) is 6.92 Å². The van der Waals surface area contributed by atoms with Crippen molar-refractivity contribution in [1.82, 2.24) is 15.1 Å². The Labute approximate surface area is 130 Å². The molecule has 0 aliphatic carbocycles. The zero-order valence-corrected chi connectivity index (χ0v) is 13.5. The van der Waals surface area contributed by atoms with Crippen LogP contribution in [0.1, 0.15) is 29.0 Å². The van der Waals surface area contributed by atoms with Gasteiger partial charge < -0.3 is 4.42 Å². The Bertz CT molecular complexity index is 770. The molecule has 0 fully saturated rings. The molecule has 1 aliphatic rings. The predicted octanol–water partition coefficient (Wildman–Crippen LogP) is 1.52. The number of benzene rings is 1. The first-order valence-corrected chi connectivity index (χ1v) is 9.27. The average molecular weight is 321 g/mol. The van der Waals surface area contributed by atoms with E-state index in [0.717, 1.165) is 6.42 Å². The molecule has 0 saturated carbocycles. The van der Waals surface area contributed by atoms with E-state index in [1.54, 1.807) is 6.92 Å². The lowest BCUT2D eigenvalue weighted by molar-refractivity contribution is 0.155. The summed E-state index contributed by atoms with van der Waals surface area (Å²) in [4.78, 5) is 2.11. The number of aromatic nitrogens is 2. The normalized spacial score (nSPS) is 19.1. The highest BCUT2D eigenvalue weighted by atomic mass is 32.2. The maximum Gasteiger partial charge on any atom is 0.233 e. The molecule has 0 radical (unpaired) electrons. The fourth-order valence-corrected chi connectivity index (χ4v) is 3.35. The van der Waals surface area contributed by atoms with Crippen LogP contribution in [0.2, 0.25) is 0 Å².